The minimum absolute atomic E-state index is 0.0364. The zero-order valence-electron chi connectivity index (χ0n) is 13.4. The number of aryl methyl sites for hydroxylation is 1. The molecule has 2 fully saturated rings. The van der Waals surface area contributed by atoms with Crippen LogP contribution in [0, 0.1) is 23.7 Å². The standard InChI is InChI=1S/C18H22BrNO2/c1-12-4-6-13(7-5-12)16(21)22-20-15-10-14-8-9-17(15,2)18(14,3)11-19/h4-7,14H,8-11H2,1-3H3/b20-15+/t14-,17-,18+/m1/s1. The van der Waals surface area contributed by atoms with Crippen molar-refractivity contribution in [2.75, 3.05) is 5.33 Å². The number of oxime groups is 1. The molecule has 2 bridgehead atoms. The highest BCUT2D eigenvalue weighted by Gasteiger charge is 2.62. The summed E-state index contributed by atoms with van der Waals surface area (Å²) in [5.41, 5.74) is 2.96. The average Bonchev–Trinajstić information content (AvgIpc) is 2.89. The molecule has 1 aromatic carbocycles. The van der Waals surface area contributed by atoms with E-state index in [0.717, 1.165) is 29.4 Å². The van der Waals surface area contributed by atoms with Gasteiger partial charge in [-0.25, -0.2) is 4.79 Å². The first-order valence-corrected chi connectivity index (χ1v) is 8.94. The highest BCUT2D eigenvalue weighted by molar-refractivity contribution is 9.09. The maximum atomic E-state index is 12.1. The molecule has 0 heterocycles. The summed E-state index contributed by atoms with van der Waals surface area (Å²) in [6.45, 7) is 6.58. The van der Waals surface area contributed by atoms with Gasteiger partial charge in [0.05, 0.1) is 11.3 Å². The second-order valence-corrected chi connectivity index (χ2v) is 7.67. The number of hydrogen-bond acceptors (Lipinski definition) is 3. The van der Waals surface area contributed by atoms with Crippen molar-refractivity contribution in [2.45, 2.75) is 40.0 Å². The largest absolute Gasteiger partial charge is 0.365 e. The fourth-order valence-corrected chi connectivity index (χ4v) is 5.09. The second kappa shape index (κ2) is 5.48. The summed E-state index contributed by atoms with van der Waals surface area (Å²) in [4.78, 5) is 17.4. The van der Waals surface area contributed by atoms with Crippen LogP contribution in [0.25, 0.3) is 0 Å². The van der Waals surface area contributed by atoms with Gasteiger partial charge in [0.2, 0.25) is 0 Å². The molecule has 3 atom stereocenters. The Morgan fingerprint density at radius 3 is 2.64 bits per heavy atom. The Morgan fingerprint density at radius 1 is 1.36 bits per heavy atom. The molecule has 0 saturated heterocycles. The lowest BCUT2D eigenvalue weighted by molar-refractivity contribution is 0.0508. The van der Waals surface area contributed by atoms with E-state index in [1.165, 1.54) is 6.42 Å². The van der Waals surface area contributed by atoms with Crippen molar-refractivity contribution in [3.8, 4) is 0 Å². The zero-order chi connectivity index (χ0) is 16.0. The fourth-order valence-electron chi connectivity index (χ4n) is 4.01. The number of alkyl halides is 1. The monoisotopic (exact) mass is 363 g/mol. The Bertz CT molecular complexity index is 624. The first-order valence-electron chi connectivity index (χ1n) is 7.82. The molecule has 0 N–H and O–H groups in total. The molecule has 2 aliphatic rings. The maximum Gasteiger partial charge on any atom is 0.365 e. The number of rotatable bonds is 3. The average molecular weight is 364 g/mol. The fraction of sp³-hybridized carbons (Fsp3) is 0.556. The van der Waals surface area contributed by atoms with Crippen molar-refractivity contribution in [1.82, 2.24) is 0 Å². The molecular formula is C18H22BrNO2. The summed E-state index contributed by atoms with van der Waals surface area (Å²) < 4.78 is 0. The molecule has 0 aliphatic heterocycles. The number of benzene rings is 1. The lowest BCUT2D eigenvalue weighted by Crippen LogP contribution is -2.36. The van der Waals surface area contributed by atoms with E-state index in [9.17, 15) is 4.79 Å². The summed E-state index contributed by atoms with van der Waals surface area (Å²) in [5, 5.41) is 5.23. The molecule has 2 aliphatic carbocycles. The summed E-state index contributed by atoms with van der Waals surface area (Å²) in [5.74, 6) is 0.258. The van der Waals surface area contributed by atoms with Crippen molar-refractivity contribution in [2.24, 2.45) is 21.9 Å². The van der Waals surface area contributed by atoms with Crippen LogP contribution in [0.2, 0.25) is 0 Å². The summed E-state index contributed by atoms with van der Waals surface area (Å²) in [6.07, 6.45) is 3.31. The van der Waals surface area contributed by atoms with Crippen LogP contribution < -0.4 is 0 Å². The molecule has 118 valence electrons. The van der Waals surface area contributed by atoms with Gasteiger partial charge >= 0.3 is 5.97 Å². The summed E-state index contributed by atoms with van der Waals surface area (Å²) in [7, 11) is 0. The van der Waals surface area contributed by atoms with E-state index >= 15 is 0 Å². The Labute approximate surface area is 140 Å². The highest BCUT2D eigenvalue weighted by Crippen LogP contribution is 2.64. The van der Waals surface area contributed by atoms with E-state index in [4.69, 9.17) is 4.84 Å². The summed E-state index contributed by atoms with van der Waals surface area (Å²) in [6, 6.07) is 7.38. The summed E-state index contributed by atoms with van der Waals surface area (Å²) >= 11 is 3.68. The number of carbonyl (C=O) groups excluding carboxylic acids is 1. The van der Waals surface area contributed by atoms with E-state index in [0.29, 0.717) is 11.5 Å². The predicted molar refractivity (Wildman–Crippen MR) is 91.4 cm³/mol. The molecule has 22 heavy (non-hydrogen) atoms. The van der Waals surface area contributed by atoms with Gasteiger partial charge in [0.1, 0.15) is 0 Å². The molecule has 1 aromatic rings. The lowest BCUT2D eigenvalue weighted by atomic mass is 9.70. The first kappa shape index (κ1) is 15.7. The topological polar surface area (TPSA) is 38.7 Å². The molecule has 3 nitrogen and oxygen atoms in total. The Balaban J connectivity index is 1.77. The van der Waals surface area contributed by atoms with Crippen LogP contribution in [0.15, 0.2) is 29.4 Å². The predicted octanol–water partition coefficient (Wildman–Crippen LogP) is 4.73. The van der Waals surface area contributed by atoms with E-state index in [-0.39, 0.29) is 16.8 Å². The minimum atomic E-state index is -0.376. The third-order valence-corrected chi connectivity index (χ3v) is 7.20. The smallest absolute Gasteiger partial charge is 0.313 e. The number of nitrogens with zero attached hydrogens (tertiary/aromatic N) is 1. The van der Waals surface area contributed by atoms with E-state index < -0.39 is 0 Å². The van der Waals surface area contributed by atoms with E-state index in [1.54, 1.807) is 12.1 Å². The number of fused-ring (bicyclic) bond motifs is 2. The van der Waals surface area contributed by atoms with Gasteiger partial charge in [-0.15, -0.1) is 0 Å². The van der Waals surface area contributed by atoms with Crippen molar-refractivity contribution in [3.63, 3.8) is 0 Å². The molecule has 0 aromatic heterocycles. The Morgan fingerprint density at radius 2 is 2.05 bits per heavy atom. The van der Waals surface area contributed by atoms with Crippen LogP contribution in [0.1, 0.15) is 49.0 Å². The van der Waals surface area contributed by atoms with Gasteiger partial charge in [-0.1, -0.05) is 52.6 Å². The van der Waals surface area contributed by atoms with Crippen LogP contribution in [-0.4, -0.2) is 17.0 Å². The molecule has 0 spiro atoms. The van der Waals surface area contributed by atoms with Crippen molar-refractivity contribution < 1.29 is 9.63 Å². The number of halogens is 1. The van der Waals surface area contributed by atoms with Gasteiger partial charge in [0.25, 0.3) is 0 Å². The normalized spacial score (nSPS) is 35.1. The van der Waals surface area contributed by atoms with Crippen LogP contribution in [0.3, 0.4) is 0 Å². The van der Waals surface area contributed by atoms with Crippen LogP contribution in [0.5, 0.6) is 0 Å². The van der Waals surface area contributed by atoms with Crippen LogP contribution in [-0.2, 0) is 4.84 Å². The third kappa shape index (κ3) is 2.23. The zero-order valence-corrected chi connectivity index (χ0v) is 14.9. The third-order valence-electron chi connectivity index (χ3n) is 6.03. The molecular weight excluding hydrogens is 342 g/mol. The van der Waals surface area contributed by atoms with Gasteiger partial charge in [0.15, 0.2) is 0 Å². The maximum absolute atomic E-state index is 12.1. The minimum Gasteiger partial charge on any atom is -0.313 e. The number of hydrogen-bond donors (Lipinski definition) is 0. The lowest BCUT2D eigenvalue weighted by Gasteiger charge is -2.36. The molecule has 0 amide bonds. The van der Waals surface area contributed by atoms with Gasteiger partial charge in [-0.05, 0) is 49.7 Å². The van der Waals surface area contributed by atoms with Crippen molar-refractivity contribution >= 4 is 27.6 Å². The van der Waals surface area contributed by atoms with Gasteiger partial charge in [0, 0.05) is 10.7 Å². The molecule has 0 unspecified atom stereocenters. The van der Waals surface area contributed by atoms with Crippen LogP contribution >= 0.6 is 15.9 Å². The van der Waals surface area contributed by atoms with Crippen molar-refractivity contribution in [3.05, 3.63) is 35.4 Å². The molecule has 2 saturated carbocycles. The molecule has 0 radical (unpaired) electrons. The first-order chi connectivity index (χ1) is 10.4. The number of carbonyl (C=O) groups is 1. The molecule has 4 heteroatoms. The van der Waals surface area contributed by atoms with Crippen LogP contribution in [0.4, 0.5) is 0 Å². The van der Waals surface area contributed by atoms with E-state index in [1.807, 2.05) is 19.1 Å². The van der Waals surface area contributed by atoms with Gasteiger partial charge < -0.3 is 4.84 Å². The SMILES string of the molecule is Cc1ccc(C(=O)O/N=C2\C[C@H]3CC[C@@]2(C)[C@@]3(C)CBr)cc1. The van der Waals surface area contributed by atoms with Crippen molar-refractivity contribution in [1.29, 1.82) is 0 Å². The Hall–Kier alpha value is -1.16. The Kier molecular flexibility index (Phi) is 3.92. The van der Waals surface area contributed by atoms with E-state index in [2.05, 4.69) is 34.9 Å². The van der Waals surface area contributed by atoms with Gasteiger partial charge in [-0.2, -0.15) is 0 Å². The second-order valence-electron chi connectivity index (χ2n) is 7.11. The molecule has 3 rings (SSSR count). The highest BCUT2D eigenvalue weighted by atomic mass is 79.9. The quantitative estimate of drug-likeness (QED) is 0.442. The van der Waals surface area contributed by atoms with Gasteiger partial charge in [-0.3, -0.25) is 0 Å².